The van der Waals surface area contributed by atoms with Crippen molar-refractivity contribution in [2.75, 3.05) is 7.05 Å². The molecular formula is C20H22N2O2. The maximum atomic E-state index is 12.4. The molecule has 0 bridgehead atoms. The molecule has 0 fully saturated rings. The number of furan rings is 1. The lowest BCUT2D eigenvalue weighted by atomic mass is 10.0. The van der Waals surface area contributed by atoms with Crippen LogP contribution >= 0.6 is 0 Å². The molecule has 24 heavy (non-hydrogen) atoms. The van der Waals surface area contributed by atoms with Gasteiger partial charge in [-0.25, -0.2) is 4.79 Å². The van der Waals surface area contributed by atoms with E-state index >= 15 is 0 Å². The van der Waals surface area contributed by atoms with Gasteiger partial charge in [0.15, 0.2) is 0 Å². The highest BCUT2D eigenvalue weighted by molar-refractivity contribution is 5.86. The van der Waals surface area contributed by atoms with Crippen LogP contribution in [0.5, 0.6) is 0 Å². The van der Waals surface area contributed by atoms with E-state index in [0.717, 1.165) is 22.6 Å². The van der Waals surface area contributed by atoms with Gasteiger partial charge in [-0.2, -0.15) is 0 Å². The molecule has 1 aromatic heterocycles. The number of urea groups is 1. The molecule has 0 atom stereocenters. The molecule has 4 nitrogen and oxygen atoms in total. The first kappa shape index (κ1) is 16.1. The summed E-state index contributed by atoms with van der Waals surface area (Å²) >= 11 is 0. The first-order valence-electron chi connectivity index (χ1n) is 8.06. The molecule has 1 heterocycles. The molecule has 0 aliphatic heterocycles. The van der Waals surface area contributed by atoms with E-state index in [4.69, 9.17) is 4.42 Å². The van der Waals surface area contributed by atoms with E-state index in [-0.39, 0.29) is 6.03 Å². The first-order valence-corrected chi connectivity index (χ1v) is 8.06. The number of hydrogen-bond acceptors (Lipinski definition) is 2. The van der Waals surface area contributed by atoms with Crippen molar-refractivity contribution in [3.8, 4) is 0 Å². The van der Waals surface area contributed by atoms with Crippen LogP contribution in [0.1, 0.15) is 22.6 Å². The number of amides is 2. The van der Waals surface area contributed by atoms with Crippen LogP contribution in [0.2, 0.25) is 0 Å². The quantitative estimate of drug-likeness (QED) is 0.774. The molecule has 0 saturated heterocycles. The number of nitrogens with one attached hydrogen (secondary N) is 1. The Bertz CT molecular complexity index is 862. The van der Waals surface area contributed by atoms with Gasteiger partial charge in [-0.3, -0.25) is 0 Å². The van der Waals surface area contributed by atoms with Gasteiger partial charge in [0, 0.05) is 25.7 Å². The van der Waals surface area contributed by atoms with E-state index in [0.29, 0.717) is 13.1 Å². The third-order valence-corrected chi connectivity index (χ3v) is 4.21. The van der Waals surface area contributed by atoms with Gasteiger partial charge in [0.25, 0.3) is 0 Å². The monoisotopic (exact) mass is 322 g/mol. The fourth-order valence-corrected chi connectivity index (χ4v) is 2.92. The predicted octanol–water partition coefficient (Wildman–Crippen LogP) is 4.39. The Morgan fingerprint density at radius 3 is 2.58 bits per heavy atom. The average Bonchev–Trinajstić information content (AvgIpc) is 2.90. The van der Waals surface area contributed by atoms with Crippen molar-refractivity contribution >= 4 is 16.8 Å². The summed E-state index contributed by atoms with van der Waals surface area (Å²) in [5.41, 5.74) is 2.15. The lowest BCUT2D eigenvalue weighted by molar-refractivity contribution is 0.206. The smallest absolute Gasteiger partial charge is 0.317 e. The highest BCUT2D eigenvalue weighted by Crippen LogP contribution is 2.19. The van der Waals surface area contributed by atoms with Crippen LogP contribution in [-0.4, -0.2) is 18.0 Å². The molecule has 3 aromatic rings. The number of nitrogens with zero attached hydrogens (tertiary/aromatic N) is 1. The molecule has 2 aromatic carbocycles. The fourth-order valence-electron chi connectivity index (χ4n) is 2.92. The highest BCUT2D eigenvalue weighted by Gasteiger charge is 2.12. The molecule has 0 saturated carbocycles. The first-order chi connectivity index (χ1) is 11.5. The van der Waals surface area contributed by atoms with Crippen molar-refractivity contribution in [1.29, 1.82) is 0 Å². The zero-order valence-corrected chi connectivity index (χ0v) is 14.3. The molecule has 0 unspecified atom stereocenters. The summed E-state index contributed by atoms with van der Waals surface area (Å²) in [6, 6.07) is 16.3. The predicted molar refractivity (Wildman–Crippen MR) is 95.8 cm³/mol. The molecule has 0 spiro atoms. The van der Waals surface area contributed by atoms with Gasteiger partial charge in [0.2, 0.25) is 0 Å². The van der Waals surface area contributed by atoms with Crippen LogP contribution in [0.4, 0.5) is 4.79 Å². The minimum Gasteiger partial charge on any atom is -0.466 e. The summed E-state index contributed by atoms with van der Waals surface area (Å²) < 4.78 is 5.49. The van der Waals surface area contributed by atoms with E-state index in [2.05, 4.69) is 29.6 Å². The van der Waals surface area contributed by atoms with Gasteiger partial charge in [-0.1, -0.05) is 42.5 Å². The summed E-state index contributed by atoms with van der Waals surface area (Å²) in [6.45, 7) is 4.86. The molecule has 124 valence electrons. The van der Waals surface area contributed by atoms with Crippen molar-refractivity contribution in [3.63, 3.8) is 0 Å². The SMILES string of the molecule is Cc1cc(CNC(=O)N(C)Cc2cccc3ccccc23)c(C)o1. The lowest BCUT2D eigenvalue weighted by Gasteiger charge is -2.19. The molecule has 0 aliphatic rings. The van der Waals surface area contributed by atoms with E-state index in [1.165, 1.54) is 10.8 Å². The fraction of sp³-hybridized carbons (Fsp3) is 0.250. The molecule has 2 amide bonds. The number of carbonyl (C=O) groups excluding carboxylic acids is 1. The van der Waals surface area contributed by atoms with Crippen LogP contribution in [0.25, 0.3) is 10.8 Å². The number of rotatable bonds is 4. The van der Waals surface area contributed by atoms with Gasteiger partial charge in [0.1, 0.15) is 11.5 Å². The zero-order valence-electron chi connectivity index (χ0n) is 14.3. The number of carbonyl (C=O) groups is 1. The molecule has 1 N–H and O–H groups in total. The standard InChI is InChI=1S/C20H22N2O2/c1-14-11-18(15(2)24-14)12-21-20(23)22(3)13-17-9-6-8-16-7-4-5-10-19(16)17/h4-11H,12-13H2,1-3H3,(H,21,23). The third kappa shape index (κ3) is 3.43. The Morgan fingerprint density at radius 2 is 1.83 bits per heavy atom. The van der Waals surface area contributed by atoms with Gasteiger partial charge in [-0.15, -0.1) is 0 Å². The molecule has 3 rings (SSSR count). The van der Waals surface area contributed by atoms with Crippen molar-refractivity contribution in [2.45, 2.75) is 26.9 Å². The summed E-state index contributed by atoms with van der Waals surface area (Å²) in [5.74, 6) is 1.71. The third-order valence-electron chi connectivity index (χ3n) is 4.21. The Kier molecular flexibility index (Phi) is 4.56. The van der Waals surface area contributed by atoms with Crippen molar-refractivity contribution in [2.24, 2.45) is 0 Å². The summed E-state index contributed by atoms with van der Waals surface area (Å²) in [6.07, 6.45) is 0. The summed E-state index contributed by atoms with van der Waals surface area (Å²) in [4.78, 5) is 14.1. The molecule has 0 aliphatic carbocycles. The van der Waals surface area contributed by atoms with Crippen molar-refractivity contribution in [3.05, 3.63) is 71.2 Å². The number of fused-ring (bicyclic) bond motifs is 1. The number of aryl methyl sites for hydroxylation is 2. The van der Waals surface area contributed by atoms with Crippen LogP contribution in [-0.2, 0) is 13.1 Å². The van der Waals surface area contributed by atoms with Crippen LogP contribution in [0.15, 0.2) is 52.9 Å². The van der Waals surface area contributed by atoms with Crippen LogP contribution < -0.4 is 5.32 Å². The maximum Gasteiger partial charge on any atom is 0.317 e. The summed E-state index contributed by atoms with van der Waals surface area (Å²) in [5, 5.41) is 5.32. The second-order valence-electron chi connectivity index (χ2n) is 6.09. The van der Waals surface area contributed by atoms with E-state index < -0.39 is 0 Å². The van der Waals surface area contributed by atoms with Crippen molar-refractivity contribution in [1.82, 2.24) is 10.2 Å². The van der Waals surface area contributed by atoms with Gasteiger partial charge >= 0.3 is 6.03 Å². The van der Waals surface area contributed by atoms with Crippen LogP contribution in [0.3, 0.4) is 0 Å². The van der Waals surface area contributed by atoms with E-state index in [9.17, 15) is 4.79 Å². The second-order valence-corrected chi connectivity index (χ2v) is 6.09. The zero-order chi connectivity index (χ0) is 17.1. The van der Waals surface area contributed by atoms with E-state index in [1.54, 1.807) is 4.90 Å². The largest absolute Gasteiger partial charge is 0.466 e. The van der Waals surface area contributed by atoms with Gasteiger partial charge in [-0.05, 0) is 36.2 Å². The van der Waals surface area contributed by atoms with E-state index in [1.807, 2.05) is 45.2 Å². The minimum absolute atomic E-state index is 0.0961. The normalized spacial score (nSPS) is 10.8. The van der Waals surface area contributed by atoms with Gasteiger partial charge < -0.3 is 14.6 Å². The molecule has 0 radical (unpaired) electrons. The molecular weight excluding hydrogens is 300 g/mol. The topological polar surface area (TPSA) is 45.5 Å². The lowest BCUT2D eigenvalue weighted by Crippen LogP contribution is -2.36. The Morgan fingerprint density at radius 1 is 1.08 bits per heavy atom. The summed E-state index contributed by atoms with van der Waals surface area (Å²) in [7, 11) is 1.81. The Hall–Kier alpha value is -2.75. The Labute approximate surface area is 142 Å². The molecule has 4 heteroatoms. The highest BCUT2D eigenvalue weighted by atomic mass is 16.3. The Balaban J connectivity index is 1.66. The minimum atomic E-state index is -0.0961. The average molecular weight is 322 g/mol. The van der Waals surface area contributed by atoms with Gasteiger partial charge in [0.05, 0.1) is 0 Å². The van der Waals surface area contributed by atoms with Crippen LogP contribution in [0, 0.1) is 13.8 Å². The maximum absolute atomic E-state index is 12.4. The second kappa shape index (κ2) is 6.79. The van der Waals surface area contributed by atoms with Crippen molar-refractivity contribution < 1.29 is 9.21 Å². The number of hydrogen-bond donors (Lipinski definition) is 1. The number of benzene rings is 2.